The van der Waals surface area contributed by atoms with Crippen molar-refractivity contribution in [2.75, 3.05) is 0 Å². The first kappa shape index (κ1) is 10.4. The smallest absolute Gasteiger partial charge is 0.162 e. The fourth-order valence-corrected chi connectivity index (χ4v) is 1.06. The number of hydrogen-bond donors (Lipinski definition) is 2. The Kier molecular flexibility index (Phi) is 2.99. The molecule has 1 atom stereocenters. The quantitative estimate of drug-likeness (QED) is 0.757. The maximum Gasteiger partial charge on any atom is 0.162 e. The summed E-state index contributed by atoms with van der Waals surface area (Å²) in [7, 11) is 0. The van der Waals surface area contributed by atoms with Gasteiger partial charge in [-0.25, -0.2) is 8.78 Å². The van der Waals surface area contributed by atoms with Crippen molar-refractivity contribution >= 4 is 0 Å². The zero-order valence-electron chi connectivity index (χ0n) is 7.17. The Labute approximate surface area is 79.4 Å². The minimum atomic E-state index is -1.14. The molecule has 1 rings (SSSR count). The van der Waals surface area contributed by atoms with Crippen molar-refractivity contribution in [3.63, 3.8) is 0 Å². The molecule has 0 aromatic heterocycles. The van der Waals surface area contributed by atoms with Crippen LogP contribution in [-0.2, 0) is 0 Å². The number of nitrogens with zero attached hydrogens (tertiary/aromatic N) is 1. The van der Waals surface area contributed by atoms with Crippen LogP contribution < -0.4 is 5.73 Å². The van der Waals surface area contributed by atoms with Gasteiger partial charge in [-0.05, 0) is 6.07 Å². The molecule has 0 bridgehead atoms. The number of phenolic OH excluding ortho intramolecular Hbond substituents is 1. The van der Waals surface area contributed by atoms with Gasteiger partial charge in [0, 0.05) is 17.7 Å². The molecule has 0 unspecified atom stereocenters. The third-order valence-corrected chi connectivity index (χ3v) is 1.78. The Morgan fingerprint density at radius 1 is 1.43 bits per heavy atom. The SMILES string of the molecule is N#CC[C@@H](N)c1cc(F)c(F)cc1O. The summed E-state index contributed by atoms with van der Waals surface area (Å²) in [6.07, 6.45) is -0.0708. The van der Waals surface area contributed by atoms with Crippen LogP contribution in [0.1, 0.15) is 18.0 Å². The fourth-order valence-electron chi connectivity index (χ4n) is 1.06. The average Bonchev–Trinajstić information content (AvgIpc) is 2.11. The Morgan fingerprint density at radius 3 is 2.57 bits per heavy atom. The van der Waals surface area contributed by atoms with Gasteiger partial charge >= 0.3 is 0 Å². The van der Waals surface area contributed by atoms with Crippen molar-refractivity contribution < 1.29 is 13.9 Å². The molecule has 0 aliphatic carbocycles. The van der Waals surface area contributed by atoms with Gasteiger partial charge < -0.3 is 10.8 Å². The number of nitriles is 1. The highest BCUT2D eigenvalue weighted by Crippen LogP contribution is 2.26. The Balaban J connectivity index is 3.10. The van der Waals surface area contributed by atoms with Gasteiger partial charge in [-0.3, -0.25) is 0 Å². The van der Waals surface area contributed by atoms with Crippen LogP contribution in [0.2, 0.25) is 0 Å². The predicted octanol–water partition coefficient (Wildman–Crippen LogP) is 1.58. The van der Waals surface area contributed by atoms with E-state index in [2.05, 4.69) is 0 Å². The predicted molar refractivity (Wildman–Crippen MR) is 45.2 cm³/mol. The molecule has 5 heteroatoms. The maximum atomic E-state index is 12.7. The molecule has 0 saturated carbocycles. The van der Waals surface area contributed by atoms with Gasteiger partial charge in [-0.1, -0.05) is 0 Å². The highest BCUT2D eigenvalue weighted by atomic mass is 19.2. The molecule has 1 aromatic carbocycles. The molecule has 0 aliphatic heterocycles. The lowest BCUT2D eigenvalue weighted by atomic mass is 10.0. The van der Waals surface area contributed by atoms with Gasteiger partial charge in [0.05, 0.1) is 12.5 Å². The Hall–Kier alpha value is -1.67. The van der Waals surface area contributed by atoms with Gasteiger partial charge in [0.1, 0.15) is 5.75 Å². The summed E-state index contributed by atoms with van der Waals surface area (Å²) < 4.78 is 25.3. The molecule has 74 valence electrons. The fraction of sp³-hybridized carbons (Fsp3) is 0.222. The number of rotatable bonds is 2. The zero-order valence-corrected chi connectivity index (χ0v) is 7.17. The lowest BCUT2D eigenvalue weighted by Crippen LogP contribution is -2.10. The molecule has 0 fully saturated rings. The molecule has 0 aliphatic rings. The van der Waals surface area contributed by atoms with E-state index in [1.165, 1.54) is 0 Å². The van der Waals surface area contributed by atoms with E-state index in [4.69, 9.17) is 11.0 Å². The number of halogens is 2. The van der Waals surface area contributed by atoms with Gasteiger partial charge in [-0.15, -0.1) is 0 Å². The molecule has 0 amide bonds. The van der Waals surface area contributed by atoms with Crippen LogP contribution in [-0.4, -0.2) is 5.11 Å². The summed E-state index contributed by atoms with van der Waals surface area (Å²) in [5.74, 6) is -2.67. The minimum absolute atomic E-state index is 0.0328. The van der Waals surface area contributed by atoms with Crippen LogP contribution in [0.4, 0.5) is 8.78 Å². The van der Waals surface area contributed by atoms with Gasteiger partial charge in [0.25, 0.3) is 0 Å². The Bertz CT molecular complexity index is 387. The molecular formula is C9H8F2N2O. The molecule has 0 saturated heterocycles. The monoisotopic (exact) mass is 198 g/mol. The van der Waals surface area contributed by atoms with Gasteiger partial charge in [0.15, 0.2) is 11.6 Å². The van der Waals surface area contributed by atoms with Crippen LogP contribution in [0.15, 0.2) is 12.1 Å². The van der Waals surface area contributed by atoms with E-state index in [1.54, 1.807) is 6.07 Å². The van der Waals surface area contributed by atoms with E-state index in [-0.39, 0.29) is 12.0 Å². The van der Waals surface area contributed by atoms with E-state index in [1.807, 2.05) is 0 Å². The summed E-state index contributed by atoms with van der Waals surface area (Å²) in [5.41, 5.74) is 5.49. The van der Waals surface area contributed by atoms with E-state index < -0.39 is 23.4 Å². The molecule has 1 aromatic rings. The van der Waals surface area contributed by atoms with E-state index in [0.717, 1.165) is 6.07 Å². The number of benzene rings is 1. The topological polar surface area (TPSA) is 70.0 Å². The van der Waals surface area contributed by atoms with Gasteiger partial charge in [0.2, 0.25) is 0 Å². The number of phenols is 1. The summed E-state index contributed by atoms with van der Waals surface area (Å²) in [4.78, 5) is 0. The highest BCUT2D eigenvalue weighted by molar-refractivity contribution is 5.36. The summed E-state index contributed by atoms with van der Waals surface area (Å²) in [5, 5.41) is 17.6. The van der Waals surface area contributed by atoms with Crippen molar-refractivity contribution in [3.05, 3.63) is 29.3 Å². The second-order valence-electron chi connectivity index (χ2n) is 2.79. The van der Waals surface area contributed by atoms with E-state index >= 15 is 0 Å². The van der Waals surface area contributed by atoms with Crippen molar-refractivity contribution in [2.24, 2.45) is 5.73 Å². The maximum absolute atomic E-state index is 12.7. The van der Waals surface area contributed by atoms with Crippen LogP contribution in [0.25, 0.3) is 0 Å². The standard InChI is InChI=1S/C9H8F2N2O/c10-6-3-5(8(13)1-2-12)9(14)4-7(6)11/h3-4,8,14H,1,13H2/t8-/m1/s1. The lowest BCUT2D eigenvalue weighted by Gasteiger charge is -2.10. The molecule has 14 heavy (non-hydrogen) atoms. The second kappa shape index (κ2) is 4.03. The summed E-state index contributed by atoms with van der Waals surface area (Å²) >= 11 is 0. The van der Waals surface area contributed by atoms with E-state index in [9.17, 15) is 13.9 Å². The van der Waals surface area contributed by atoms with Crippen LogP contribution in [0, 0.1) is 23.0 Å². The number of nitrogens with two attached hydrogens (primary N) is 1. The van der Waals surface area contributed by atoms with Gasteiger partial charge in [-0.2, -0.15) is 5.26 Å². The summed E-state index contributed by atoms with van der Waals surface area (Å²) in [6.45, 7) is 0. The summed E-state index contributed by atoms with van der Waals surface area (Å²) in [6, 6.07) is 2.40. The first-order valence-electron chi connectivity index (χ1n) is 3.86. The first-order chi connectivity index (χ1) is 6.56. The third kappa shape index (κ3) is 1.98. The first-order valence-corrected chi connectivity index (χ1v) is 3.86. The van der Waals surface area contributed by atoms with Crippen LogP contribution >= 0.6 is 0 Å². The zero-order chi connectivity index (χ0) is 10.7. The van der Waals surface area contributed by atoms with Crippen LogP contribution in [0.5, 0.6) is 5.75 Å². The molecular weight excluding hydrogens is 190 g/mol. The molecule has 0 heterocycles. The lowest BCUT2D eigenvalue weighted by molar-refractivity contribution is 0.441. The molecule has 3 nitrogen and oxygen atoms in total. The number of hydrogen-bond acceptors (Lipinski definition) is 3. The van der Waals surface area contributed by atoms with E-state index in [0.29, 0.717) is 6.07 Å². The van der Waals surface area contributed by atoms with Crippen molar-refractivity contribution in [1.82, 2.24) is 0 Å². The average molecular weight is 198 g/mol. The second-order valence-corrected chi connectivity index (χ2v) is 2.79. The largest absolute Gasteiger partial charge is 0.507 e. The molecule has 0 spiro atoms. The molecule has 0 radical (unpaired) electrons. The van der Waals surface area contributed by atoms with Crippen LogP contribution in [0.3, 0.4) is 0 Å². The van der Waals surface area contributed by atoms with Crippen molar-refractivity contribution in [1.29, 1.82) is 5.26 Å². The normalized spacial score (nSPS) is 12.1. The van der Waals surface area contributed by atoms with Crippen molar-refractivity contribution in [2.45, 2.75) is 12.5 Å². The minimum Gasteiger partial charge on any atom is -0.507 e. The highest BCUT2D eigenvalue weighted by Gasteiger charge is 2.14. The van der Waals surface area contributed by atoms with Crippen molar-refractivity contribution in [3.8, 4) is 11.8 Å². The third-order valence-electron chi connectivity index (χ3n) is 1.78. The molecule has 3 N–H and O–H groups in total. The Morgan fingerprint density at radius 2 is 2.00 bits per heavy atom. The number of aromatic hydroxyl groups is 1.